The number of hydrogen-bond acceptors (Lipinski definition) is 7. The van der Waals surface area contributed by atoms with Crippen LogP contribution in [0.15, 0.2) is 69.5 Å². The maximum atomic E-state index is 13.0. The average molecular weight is 470 g/mol. The molecule has 31 heavy (non-hydrogen) atoms. The fraction of sp³-hybridized carbons (Fsp3) is 0.136. The Morgan fingerprint density at radius 1 is 1.06 bits per heavy atom. The molecule has 0 radical (unpaired) electrons. The molecule has 4 rings (SSSR count). The van der Waals surface area contributed by atoms with Gasteiger partial charge in [0, 0.05) is 17.3 Å². The summed E-state index contributed by atoms with van der Waals surface area (Å²) in [6.45, 7) is 4.11. The van der Waals surface area contributed by atoms with Gasteiger partial charge < -0.3 is 0 Å². The van der Waals surface area contributed by atoms with E-state index in [2.05, 4.69) is 28.3 Å². The van der Waals surface area contributed by atoms with Gasteiger partial charge in [-0.25, -0.2) is 18.4 Å². The lowest BCUT2D eigenvalue weighted by molar-refractivity contribution is 0.102. The van der Waals surface area contributed by atoms with Crippen LogP contribution in [0.25, 0.3) is 10.2 Å². The minimum Gasteiger partial charge on any atom is -0.298 e. The molecule has 0 bridgehead atoms. The van der Waals surface area contributed by atoms with E-state index < -0.39 is 9.84 Å². The van der Waals surface area contributed by atoms with Gasteiger partial charge >= 0.3 is 0 Å². The molecule has 0 fully saturated rings. The molecule has 0 aliphatic carbocycles. The van der Waals surface area contributed by atoms with E-state index in [0.29, 0.717) is 25.9 Å². The highest BCUT2D eigenvalue weighted by atomic mass is 32.2. The van der Waals surface area contributed by atoms with Crippen LogP contribution >= 0.6 is 23.1 Å². The number of rotatable bonds is 5. The number of benzene rings is 2. The molecule has 9 heteroatoms. The number of hydrogen-bond donors (Lipinski definition) is 1. The minimum absolute atomic E-state index is 0.223. The summed E-state index contributed by atoms with van der Waals surface area (Å²) in [5.41, 5.74) is 3.46. The van der Waals surface area contributed by atoms with Crippen molar-refractivity contribution in [3.05, 3.63) is 71.4 Å². The first-order valence-electron chi connectivity index (χ1n) is 9.33. The molecular formula is C22H19N3O3S3. The van der Waals surface area contributed by atoms with Gasteiger partial charge in [0.1, 0.15) is 5.03 Å². The van der Waals surface area contributed by atoms with Crippen molar-refractivity contribution in [2.45, 2.75) is 28.7 Å². The highest BCUT2D eigenvalue weighted by Crippen LogP contribution is 2.32. The summed E-state index contributed by atoms with van der Waals surface area (Å²) in [5, 5.41) is 3.82. The summed E-state index contributed by atoms with van der Waals surface area (Å²) in [5.74, 6) is -0.318. The molecule has 1 N–H and O–H groups in total. The van der Waals surface area contributed by atoms with E-state index in [9.17, 15) is 13.2 Å². The van der Waals surface area contributed by atoms with Crippen LogP contribution in [0, 0.1) is 13.8 Å². The standard InChI is InChI=1S/C22H19N3O3S3/c1-13-6-7-15(11-14(13)2)29-21-17(5-4-10-23-21)20(26)25-22-24-18-9-8-16(31(3,27)28)12-19(18)30-22/h4-12H,1-3H3,(H,24,25,26). The summed E-state index contributed by atoms with van der Waals surface area (Å²) >= 11 is 2.66. The van der Waals surface area contributed by atoms with E-state index in [1.54, 1.807) is 30.5 Å². The maximum absolute atomic E-state index is 13.0. The van der Waals surface area contributed by atoms with E-state index in [4.69, 9.17) is 0 Å². The van der Waals surface area contributed by atoms with E-state index >= 15 is 0 Å². The second-order valence-electron chi connectivity index (χ2n) is 7.08. The fourth-order valence-corrected chi connectivity index (χ4v) is 5.49. The molecular weight excluding hydrogens is 450 g/mol. The van der Waals surface area contributed by atoms with Gasteiger partial charge in [-0.2, -0.15) is 0 Å². The first-order chi connectivity index (χ1) is 14.7. The van der Waals surface area contributed by atoms with Gasteiger partial charge in [-0.1, -0.05) is 29.2 Å². The van der Waals surface area contributed by atoms with Crippen molar-refractivity contribution in [2.24, 2.45) is 0 Å². The number of aryl methyl sites for hydroxylation is 2. The maximum Gasteiger partial charge on any atom is 0.260 e. The van der Waals surface area contributed by atoms with Crippen molar-refractivity contribution in [3.8, 4) is 0 Å². The molecule has 0 aliphatic heterocycles. The second kappa shape index (κ2) is 8.41. The highest BCUT2D eigenvalue weighted by molar-refractivity contribution is 7.99. The topological polar surface area (TPSA) is 89.0 Å². The van der Waals surface area contributed by atoms with E-state index in [-0.39, 0.29) is 10.8 Å². The zero-order valence-electron chi connectivity index (χ0n) is 17.0. The molecule has 0 unspecified atom stereocenters. The number of nitrogens with zero attached hydrogens (tertiary/aromatic N) is 2. The SMILES string of the molecule is Cc1ccc(Sc2ncccc2C(=O)Nc2nc3ccc(S(C)(=O)=O)cc3s2)cc1C. The van der Waals surface area contributed by atoms with Gasteiger partial charge in [-0.05, 0) is 67.4 Å². The summed E-state index contributed by atoms with van der Waals surface area (Å²) in [4.78, 5) is 23.0. The number of sulfone groups is 1. The zero-order valence-corrected chi connectivity index (χ0v) is 19.5. The fourth-order valence-electron chi connectivity index (χ4n) is 2.89. The van der Waals surface area contributed by atoms with Gasteiger partial charge in [0.25, 0.3) is 5.91 Å². The highest BCUT2D eigenvalue weighted by Gasteiger charge is 2.17. The van der Waals surface area contributed by atoms with Crippen LogP contribution in [-0.2, 0) is 9.84 Å². The Hall–Kier alpha value is -2.75. The average Bonchev–Trinajstić information content (AvgIpc) is 3.12. The van der Waals surface area contributed by atoms with Crippen LogP contribution < -0.4 is 5.32 Å². The molecule has 0 spiro atoms. The number of pyridine rings is 1. The van der Waals surface area contributed by atoms with E-state index in [0.717, 1.165) is 11.2 Å². The minimum atomic E-state index is -3.31. The molecule has 0 aliphatic rings. The Bertz CT molecular complexity index is 1410. The first kappa shape index (κ1) is 21.5. The normalized spacial score (nSPS) is 11.6. The third-order valence-corrected chi connectivity index (χ3v) is 7.77. The summed E-state index contributed by atoms with van der Waals surface area (Å²) in [6.07, 6.45) is 2.82. The molecule has 0 atom stereocenters. The van der Waals surface area contributed by atoms with E-state index in [1.165, 1.54) is 40.3 Å². The number of carbonyl (C=O) groups is 1. The van der Waals surface area contributed by atoms with Gasteiger partial charge in [-0.15, -0.1) is 0 Å². The summed E-state index contributed by atoms with van der Waals surface area (Å²) in [6, 6.07) is 14.3. The van der Waals surface area contributed by atoms with Crippen LogP contribution in [0.2, 0.25) is 0 Å². The van der Waals surface area contributed by atoms with Crippen LogP contribution in [0.4, 0.5) is 5.13 Å². The van der Waals surface area contributed by atoms with Gasteiger partial charge in [0.05, 0.1) is 20.7 Å². The third kappa shape index (κ3) is 4.79. The van der Waals surface area contributed by atoms with Crippen LogP contribution in [0.3, 0.4) is 0 Å². The Balaban J connectivity index is 1.59. The van der Waals surface area contributed by atoms with Gasteiger partial charge in [0.15, 0.2) is 15.0 Å². The summed E-state index contributed by atoms with van der Waals surface area (Å²) < 4.78 is 24.2. The van der Waals surface area contributed by atoms with Crippen molar-refractivity contribution in [1.82, 2.24) is 9.97 Å². The number of fused-ring (bicyclic) bond motifs is 1. The number of carbonyl (C=O) groups excluding carboxylic acids is 1. The molecule has 0 saturated heterocycles. The second-order valence-corrected chi connectivity index (χ2v) is 11.2. The van der Waals surface area contributed by atoms with Crippen LogP contribution in [-0.4, -0.2) is 30.5 Å². The molecule has 4 aromatic rings. The van der Waals surface area contributed by atoms with Crippen molar-refractivity contribution in [2.75, 3.05) is 11.6 Å². The Labute approximate surface area is 188 Å². The Kier molecular flexibility index (Phi) is 5.83. The molecule has 6 nitrogen and oxygen atoms in total. The molecule has 2 aromatic carbocycles. The zero-order chi connectivity index (χ0) is 22.2. The molecule has 158 valence electrons. The van der Waals surface area contributed by atoms with Crippen molar-refractivity contribution >= 4 is 54.2 Å². The third-order valence-electron chi connectivity index (χ3n) is 4.72. The van der Waals surface area contributed by atoms with Crippen molar-refractivity contribution < 1.29 is 13.2 Å². The first-order valence-corrected chi connectivity index (χ1v) is 12.9. The van der Waals surface area contributed by atoms with Crippen molar-refractivity contribution in [1.29, 1.82) is 0 Å². The monoisotopic (exact) mass is 469 g/mol. The number of aromatic nitrogens is 2. The summed E-state index contributed by atoms with van der Waals surface area (Å²) in [7, 11) is -3.31. The largest absolute Gasteiger partial charge is 0.298 e. The molecule has 2 heterocycles. The lowest BCUT2D eigenvalue weighted by Crippen LogP contribution is -2.13. The molecule has 0 saturated carbocycles. The lowest BCUT2D eigenvalue weighted by atomic mass is 10.1. The smallest absolute Gasteiger partial charge is 0.260 e. The van der Waals surface area contributed by atoms with Crippen LogP contribution in [0.1, 0.15) is 21.5 Å². The molecule has 1 amide bonds. The van der Waals surface area contributed by atoms with Gasteiger partial charge in [0.2, 0.25) is 0 Å². The van der Waals surface area contributed by atoms with Gasteiger partial charge in [-0.3, -0.25) is 10.1 Å². The number of anilines is 1. The van der Waals surface area contributed by atoms with Crippen molar-refractivity contribution in [3.63, 3.8) is 0 Å². The molecule has 2 aromatic heterocycles. The quantitative estimate of drug-likeness (QED) is 0.437. The number of nitrogens with one attached hydrogen (secondary N) is 1. The lowest BCUT2D eigenvalue weighted by Gasteiger charge is -2.09. The number of thiazole rings is 1. The predicted octanol–water partition coefficient (Wildman–Crippen LogP) is 5.12. The predicted molar refractivity (Wildman–Crippen MR) is 125 cm³/mol. The number of amides is 1. The Morgan fingerprint density at radius 2 is 1.87 bits per heavy atom. The van der Waals surface area contributed by atoms with E-state index in [1.807, 2.05) is 19.1 Å². The van der Waals surface area contributed by atoms with Crippen LogP contribution in [0.5, 0.6) is 0 Å². The Morgan fingerprint density at radius 3 is 2.61 bits per heavy atom.